The maximum Gasteiger partial charge on any atom is 0.354 e. The van der Waals surface area contributed by atoms with Crippen molar-refractivity contribution in [2.24, 2.45) is 5.84 Å². The third kappa shape index (κ3) is 3.52. The molecule has 0 saturated heterocycles. The smallest absolute Gasteiger partial charge is 0.354 e. The molecule has 5 N–H and O–H groups in total. The van der Waals surface area contributed by atoms with Gasteiger partial charge in [0.2, 0.25) is 17.5 Å². The number of rotatable bonds is 6. The predicted octanol–water partition coefficient (Wildman–Crippen LogP) is -0.782. The van der Waals surface area contributed by atoms with Gasteiger partial charge in [-0.3, -0.25) is 14.9 Å². The van der Waals surface area contributed by atoms with E-state index in [-0.39, 0.29) is 23.2 Å². The second kappa shape index (κ2) is 6.30. The summed E-state index contributed by atoms with van der Waals surface area (Å²) in [6.45, 7) is 1.99. The highest BCUT2D eigenvalue weighted by Gasteiger charge is 2.21. The van der Waals surface area contributed by atoms with Gasteiger partial charge in [-0.2, -0.15) is 0 Å². The summed E-state index contributed by atoms with van der Waals surface area (Å²) >= 11 is 0. The van der Waals surface area contributed by atoms with Crippen molar-refractivity contribution in [2.75, 3.05) is 23.8 Å². The average molecular weight is 255 g/mol. The quantitative estimate of drug-likeness (QED) is 0.224. The molecule has 0 saturated carbocycles. The molecule has 0 aliphatic carbocycles. The van der Waals surface area contributed by atoms with Gasteiger partial charge in [0.05, 0.1) is 4.92 Å². The standard InChI is InChI=1S/C8H13N7O3/c1-5(16)10-2-3-11-7-6(15(17)18)8(14-9)13-4-12-7/h4H,2-3,9H2,1H3,(H,10,16)(H2,11,12,13,14). The number of nitrogens with two attached hydrogens (primary N) is 1. The van der Waals surface area contributed by atoms with Gasteiger partial charge in [-0.25, -0.2) is 15.8 Å². The van der Waals surface area contributed by atoms with E-state index in [4.69, 9.17) is 5.84 Å². The number of aromatic nitrogens is 2. The van der Waals surface area contributed by atoms with Crippen LogP contribution in [0.4, 0.5) is 17.3 Å². The molecule has 0 aliphatic rings. The van der Waals surface area contributed by atoms with Crippen LogP contribution >= 0.6 is 0 Å². The van der Waals surface area contributed by atoms with Crippen LogP contribution in [-0.2, 0) is 4.79 Å². The zero-order valence-electron chi connectivity index (χ0n) is 9.64. The highest BCUT2D eigenvalue weighted by Crippen LogP contribution is 2.27. The first-order valence-electron chi connectivity index (χ1n) is 5.00. The van der Waals surface area contributed by atoms with Crippen molar-refractivity contribution in [1.82, 2.24) is 15.3 Å². The molecule has 0 fully saturated rings. The van der Waals surface area contributed by atoms with E-state index in [1.165, 1.54) is 6.92 Å². The van der Waals surface area contributed by atoms with Crippen molar-refractivity contribution in [3.8, 4) is 0 Å². The van der Waals surface area contributed by atoms with Crippen molar-refractivity contribution in [3.63, 3.8) is 0 Å². The molecule has 0 spiro atoms. The number of nitro groups is 1. The molecule has 10 heteroatoms. The van der Waals surface area contributed by atoms with Gasteiger partial charge >= 0.3 is 5.69 Å². The number of amides is 1. The Hall–Kier alpha value is -2.49. The number of nitrogens with one attached hydrogen (secondary N) is 3. The van der Waals surface area contributed by atoms with E-state index >= 15 is 0 Å². The van der Waals surface area contributed by atoms with Gasteiger partial charge in [0.1, 0.15) is 6.33 Å². The molecule has 0 radical (unpaired) electrons. The van der Waals surface area contributed by atoms with Crippen molar-refractivity contribution in [2.45, 2.75) is 6.92 Å². The minimum atomic E-state index is -0.643. The Bertz CT molecular complexity index is 450. The summed E-state index contributed by atoms with van der Waals surface area (Å²) in [5.74, 6) is 4.89. The number of carbonyl (C=O) groups is 1. The Morgan fingerprint density at radius 3 is 2.67 bits per heavy atom. The molecule has 0 unspecified atom stereocenters. The average Bonchev–Trinajstić information content (AvgIpc) is 2.33. The lowest BCUT2D eigenvalue weighted by Gasteiger charge is -2.08. The maximum atomic E-state index is 10.9. The van der Waals surface area contributed by atoms with Crippen molar-refractivity contribution < 1.29 is 9.72 Å². The van der Waals surface area contributed by atoms with Gasteiger partial charge in [0, 0.05) is 20.0 Å². The molecule has 1 heterocycles. The third-order valence-electron chi connectivity index (χ3n) is 1.93. The lowest BCUT2D eigenvalue weighted by atomic mass is 10.4. The number of nitrogens with zero attached hydrogens (tertiary/aromatic N) is 3. The molecule has 0 bridgehead atoms. The zero-order valence-corrected chi connectivity index (χ0v) is 9.64. The summed E-state index contributed by atoms with van der Waals surface area (Å²) in [6, 6.07) is 0. The largest absolute Gasteiger partial charge is 0.362 e. The number of anilines is 2. The summed E-state index contributed by atoms with van der Waals surface area (Å²) in [6.07, 6.45) is 1.14. The van der Waals surface area contributed by atoms with Gasteiger partial charge in [-0.15, -0.1) is 0 Å². The van der Waals surface area contributed by atoms with Crippen LogP contribution in [0.25, 0.3) is 0 Å². The first-order chi connectivity index (χ1) is 8.56. The van der Waals surface area contributed by atoms with Gasteiger partial charge in [-0.1, -0.05) is 0 Å². The van der Waals surface area contributed by atoms with E-state index in [2.05, 4.69) is 26.0 Å². The fraction of sp³-hybridized carbons (Fsp3) is 0.375. The van der Waals surface area contributed by atoms with Gasteiger partial charge in [0.25, 0.3) is 0 Å². The highest BCUT2D eigenvalue weighted by atomic mass is 16.6. The van der Waals surface area contributed by atoms with E-state index in [0.717, 1.165) is 6.33 Å². The van der Waals surface area contributed by atoms with Gasteiger partial charge in [-0.05, 0) is 0 Å². The van der Waals surface area contributed by atoms with E-state index in [1.807, 2.05) is 0 Å². The fourth-order valence-corrected chi connectivity index (χ4v) is 1.21. The van der Waals surface area contributed by atoms with Gasteiger partial charge in [0.15, 0.2) is 0 Å². The summed E-state index contributed by atoms with van der Waals surface area (Å²) in [4.78, 5) is 28.2. The summed E-state index contributed by atoms with van der Waals surface area (Å²) in [7, 11) is 0. The second-order valence-corrected chi connectivity index (χ2v) is 3.23. The van der Waals surface area contributed by atoms with Crippen LogP contribution in [-0.4, -0.2) is 33.9 Å². The van der Waals surface area contributed by atoms with Crippen LogP contribution in [0.1, 0.15) is 6.92 Å². The first kappa shape index (κ1) is 13.6. The van der Waals surface area contributed by atoms with Crippen molar-refractivity contribution in [3.05, 3.63) is 16.4 Å². The second-order valence-electron chi connectivity index (χ2n) is 3.23. The molecule has 1 aromatic heterocycles. The molecule has 10 nitrogen and oxygen atoms in total. The Morgan fingerprint density at radius 2 is 2.11 bits per heavy atom. The molecular formula is C8H13N7O3. The monoisotopic (exact) mass is 255 g/mol. The van der Waals surface area contributed by atoms with Crippen molar-refractivity contribution >= 4 is 23.2 Å². The van der Waals surface area contributed by atoms with Crippen LogP contribution in [0, 0.1) is 10.1 Å². The lowest BCUT2D eigenvalue weighted by molar-refractivity contribution is -0.383. The molecule has 1 aromatic rings. The number of hydrogen-bond donors (Lipinski definition) is 4. The Morgan fingerprint density at radius 1 is 1.44 bits per heavy atom. The van der Waals surface area contributed by atoms with Crippen LogP contribution in [0.2, 0.25) is 0 Å². The van der Waals surface area contributed by atoms with E-state index in [0.29, 0.717) is 13.1 Å². The summed E-state index contributed by atoms with van der Waals surface area (Å²) in [5.41, 5.74) is 1.78. The Labute approximate surface area is 102 Å². The number of hydrogen-bond acceptors (Lipinski definition) is 8. The number of carbonyl (C=O) groups excluding carboxylic acids is 1. The normalized spacial score (nSPS) is 9.67. The highest BCUT2D eigenvalue weighted by molar-refractivity contribution is 5.73. The first-order valence-corrected chi connectivity index (χ1v) is 5.00. The molecule has 0 aromatic carbocycles. The van der Waals surface area contributed by atoms with Crippen LogP contribution in [0.5, 0.6) is 0 Å². The minimum absolute atomic E-state index is 0.0355. The SMILES string of the molecule is CC(=O)NCCNc1ncnc(NN)c1[N+](=O)[O-]. The molecule has 18 heavy (non-hydrogen) atoms. The Kier molecular flexibility index (Phi) is 4.75. The molecule has 1 amide bonds. The van der Waals surface area contributed by atoms with Crippen LogP contribution in [0.3, 0.4) is 0 Å². The summed E-state index contributed by atoms with van der Waals surface area (Å²) in [5, 5.41) is 16.1. The fourth-order valence-electron chi connectivity index (χ4n) is 1.21. The van der Waals surface area contributed by atoms with Crippen LogP contribution in [0.15, 0.2) is 6.33 Å². The zero-order chi connectivity index (χ0) is 13.5. The predicted molar refractivity (Wildman–Crippen MR) is 63.7 cm³/mol. The molecule has 1 rings (SSSR count). The van der Waals surface area contributed by atoms with E-state index < -0.39 is 4.92 Å². The van der Waals surface area contributed by atoms with Crippen molar-refractivity contribution in [1.29, 1.82) is 0 Å². The molecule has 98 valence electrons. The Balaban J connectivity index is 2.75. The topological polar surface area (TPSA) is 148 Å². The molecule has 0 aliphatic heterocycles. The van der Waals surface area contributed by atoms with E-state index in [9.17, 15) is 14.9 Å². The van der Waals surface area contributed by atoms with Crippen LogP contribution < -0.4 is 21.9 Å². The lowest BCUT2D eigenvalue weighted by Crippen LogP contribution is -2.26. The number of nitrogen functional groups attached to an aromatic ring is 1. The maximum absolute atomic E-state index is 10.9. The minimum Gasteiger partial charge on any atom is -0.362 e. The summed E-state index contributed by atoms with van der Waals surface area (Å²) < 4.78 is 0. The van der Waals surface area contributed by atoms with Gasteiger partial charge < -0.3 is 16.1 Å². The number of hydrazine groups is 1. The van der Waals surface area contributed by atoms with E-state index in [1.54, 1.807) is 0 Å². The third-order valence-corrected chi connectivity index (χ3v) is 1.93. The molecular weight excluding hydrogens is 242 g/mol. The molecule has 0 atom stereocenters.